The van der Waals surface area contributed by atoms with Crippen LogP contribution < -0.4 is 4.90 Å². The lowest BCUT2D eigenvalue weighted by Gasteiger charge is -2.31. The first-order valence-electron chi connectivity index (χ1n) is 7.37. The van der Waals surface area contributed by atoms with Crippen molar-refractivity contribution in [3.05, 3.63) is 23.8 Å². The van der Waals surface area contributed by atoms with Crippen molar-refractivity contribution >= 4 is 27.5 Å². The highest BCUT2D eigenvalue weighted by Crippen LogP contribution is 2.31. The van der Waals surface area contributed by atoms with Gasteiger partial charge in [0.05, 0.1) is 11.0 Å². The van der Waals surface area contributed by atoms with Crippen LogP contribution >= 0.6 is 11.8 Å². The van der Waals surface area contributed by atoms with Gasteiger partial charge in [-0.05, 0) is 30.5 Å². The summed E-state index contributed by atoms with van der Waals surface area (Å²) in [6, 6.07) is 6.91. The van der Waals surface area contributed by atoms with E-state index < -0.39 is 16.1 Å². The van der Waals surface area contributed by atoms with Gasteiger partial charge in [0.1, 0.15) is 6.04 Å². The fraction of sp³-hybridized carbons (Fsp3) is 0.533. The Morgan fingerprint density at radius 1 is 1.36 bits per heavy atom. The van der Waals surface area contributed by atoms with Gasteiger partial charge in [0.25, 0.3) is 0 Å². The SMILES string of the molecule is CN1CCCc2ccc(S(=O)(=O)N3CCSCC3C#N)cc21. The Hall–Kier alpha value is -1.23. The Morgan fingerprint density at radius 2 is 2.18 bits per heavy atom. The predicted molar refractivity (Wildman–Crippen MR) is 88.7 cm³/mol. The minimum Gasteiger partial charge on any atom is -0.374 e. The second-order valence-corrected chi connectivity index (χ2v) is 8.69. The molecule has 2 aliphatic rings. The van der Waals surface area contributed by atoms with Crippen molar-refractivity contribution in [3.8, 4) is 6.07 Å². The van der Waals surface area contributed by atoms with Crippen LogP contribution in [0.15, 0.2) is 23.1 Å². The van der Waals surface area contributed by atoms with Crippen LogP contribution in [0.25, 0.3) is 0 Å². The first-order valence-corrected chi connectivity index (χ1v) is 9.97. The van der Waals surface area contributed by atoms with Gasteiger partial charge in [-0.25, -0.2) is 8.42 Å². The molecular weight excluding hydrogens is 318 g/mol. The molecule has 0 amide bonds. The molecule has 22 heavy (non-hydrogen) atoms. The lowest BCUT2D eigenvalue weighted by Crippen LogP contribution is -2.45. The summed E-state index contributed by atoms with van der Waals surface area (Å²) in [7, 11) is -1.62. The summed E-state index contributed by atoms with van der Waals surface area (Å²) in [5.74, 6) is 1.28. The Kier molecular flexibility index (Phi) is 4.35. The van der Waals surface area contributed by atoms with Crippen LogP contribution in [0.3, 0.4) is 0 Å². The standard InChI is InChI=1S/C15H19N3O2S2/c1-17-6-2-3-12-4-5-14(9-15(12)17)22(19,20)18-7-8-21-11-13(18)10-16/h4-5,9,13H,2-3,6-8,11H2,1H3. The largest absolute Gasteiger partial charge is 0.374 e. The first kappa shape index (κ1) is 15.7. The molecule has 0 N–H and O–H groups in total. The average Bonchev–Trinajstić information content (AvgIpc) is 2.55. The zero-order valence-corrected chi connectivity index (χ0v) is 14.2. The summed E-state index contributed by atoms with van der Waals surface area (Å²) in [6.07, 6.45) is 2.08. The van der Waals surface area contributed by atoms with E-state index in [1.165, 1.54) is 9.87 Å². The molecule has 1 aromatic rings. The molecule has 1 unspecified atom stereocenters. The molecule has 2 heterocycles. The van der Waals surface area contributed by atoms with Gasteiger partial charge in [0, 0.05) is 37.3 Å². The maximum absolute atomic E-state index is 12.9. The third-order valence-electron chi connectivity index (χ3n) is 4.24. The van der Waals surface area contributed by atoms with E-state index >= 15 is 0 Å². The van der Waals surface area contributed by atoms with Crippen molar-refractivity contribution < 1.29 is 8.42 Å². The number of hydrogen-bond donors (Lipinski definition) is 0. The quantitative estimate of drug-likeness (QED) is 0.822. The van der Waals surface area contributed by atoms with E-state index in [0.29, 0.717) is 17.2 Å². The molecule has 0 saturated carbocycles. The molecular formula is C15H19N3O2S2. The molecule has 118 valence electrons. The fourth-order valence-electron chi connectivity index (χ4n) is 3.01. The molecule has 0 radical (unpaired) electrons. The molecule has 0 bridgehead atoms. The van der Waals surface area contributed by atoms with Crippen molar-refractivity contribution in [1.29, 1.82) is 5.26 Å². The van der Waals surface area contributed by atoms with Crippen LogP contribution in [-0.4, -0.2) is 50.4 Å². The monoisotopic (exact) mass is 337 g/mol. The fourth-order valence-corrected chi connectivity index (χ4v) is 5.75. The normalized spacial score (nSPS) is 22.9. The van der Waals surface area contributed by atoms with Crippen molar-refractivity contribution in [2.75, 3.05) is 36.5 Å². The van der Waals surface area contributed by atoms with Crippen LogP contribution in [0, 0.1) is 11.3 Å². The smallest absolute Gasteiger partial charge is 0.244 e. The van der Waals surface area contributed by atoms with Gasteiger partial charge in [-0.2, -0.15) is 21.3 Å². The molecule has 0 spiro atoms. The Morgan fingerprint density at radius 3 is 2.95 bits per heavy atom. The second-order valence-electron chi connectivity index (χ2n) is 5.65. The van der Waals surface area contributed by atoms with Gasteiger partial charge in [-0.3, -0.25) is 0 Å². The third kappa shape index (κ3) is 2.71. The number of sulfonamides is 1. The third-order valence-corrected chi connectivity index (χ3v) is 7.17. The molecule has 3 rings (SSSR count). The number of nitrogens with zero attached hydrogens (tertiary/aromatic N) is 3. The molecule has 2 aliphatic heterocycles. The number of benzene rings is 1. The second kappa shape index (κ2) is 6.11. The van der Waals surface area contributed by atoms with Crippen molar-refractivity contribution in [3.63, 3.8) is 0 Å². The Bertz CT molecular complexity index is 712. The van der Waals surface area contributed by atoms with E-state index in [1.54, 1.807) is 23.9 Å². The van der Waals surface area contributed by atoms with E-state index in [4.69, 9.17) is 0 Å². The summed E-state index contributed by atoms with van der Waals surface area (Å²) < 4.78 is 27.1. The van der Waals surface area contributed by atoms with E-state index in [-0.39, 0.29) is 0 Å². The van der Waals surface area contributed by atoms with Gasteiger partial charge in [0.15, 0.2) is 0 Å². The van der Waals surface area contributed by atoms with Crippen LogP contribution in [0.5, 0.6) is 0 Å². The topological polar surface area (TPSA) is 64.4 Å². The number of aryl methyl sites for hydroxylation is 1. The summed E-state index contributed by atoms with van der Waals surface area (Å²) in [6.45, 7) is 1.34. The summed E-state index contributed by atoms with van der Waals surface area (Å²) in [4.78, 5) is 2.40. The number of nitriles is 1. The highest BCUT2D eigenvalue weighted by molar-refractivity contribution is 7.99. The zero-order chi connectivity index (χ0) is 15.7. The lowest BCUT2D eigenvalue weighted by molar-refractivity contribution is 0.397. The molecule has 1 saturated heterocycles. The minimum absolute atomic E-state index is 0.298. The van der Waals surface area contributed by atoms with Crippen molar-refractivity contribution in [2.24, 2.45) is 0 Å². The summed E-state index contributed by atoms with van der Waals surface area (Å²) >= 11 is 1.63. The van der Waals surface area contributed by atoms with Crippen LogP contribution in [0.2, 0.25) is 0 Å². The van der Waals surface area contributed by atoms with Crippen LogP contribution in [0.1, 0.15) is 12.0 Å². The lowest BCUT2D eigenvalue weighted by atomic mass is 10.0. The molecule has 5 nitrogen and oxygen atoms in total. The summed E-state index contributed by atoms with van der Waals surface area (Å²) in [5.41, 5.74) is 2.19. The Labute approximate surface area is 136 Å². The maximum Gasteiger partial charge on any atom is 0.244 e. The van der Waals surface area contributed by atoms with E-state index in [0.717, 1.165) is 30.8 Å². The number of hydrogen-bond acceptors (Lipinski definition) is 5. The number of anilines is 1. The molecule has 1 aromatic carbocycles. The van der Waals surface area contributed by atoms with E-state index in [2.05, 4.69) is 11.0 Å². The van der Waals surface area contributed by atoms with Crippen molar-refractivity contribution in [1.82, 2.24) is 4.31 Å². The highest BCUT2D eigenvalue weighted by atomic mass is 32.2. The molecule has 1 fully saturated rings. The van der Waals surface area contributed by atoms with E-state index in [9.17, 15) is 13.7 Å². The molecule has 0 aromatic heterocycles. The first-order chi connectivity index (χ1) is 10.5. The zero-order valence-electron chi connectivity index (χ0n) is 12.5. The van der Waals surface area contributed by atoms with Gasteiger partial charge in [0.2, 0.25) is 10.0 Å². The predicted octanol–water partition coefficient (Wildman–Crippen LogP) is 1.70. The maximum atomic E-state index is 12.9. The molecule has 1 atom stereocenters. The minimum atomic E-state index is -3.61. The van der Waals surface area contributed by atoms with Gasteiger partial charge in [-0.1, -0.05) is 6.07 Å². The van der Waals surface area contributed by atoms with Crippen LogP contribution in [-0.2, 0) is 16.4 Å². The number of thioether (sulfide) groups is 1. The average molecular weight is 337 g/mol. The van der Waals surface area contributed by atoms with Crippen LogP contribution in [0.4, 0.5) is 5.69 Å². The number of fused-ring (bicyclic) bond motifs is 1. The van der Waals surface area contributed by atoms with Crippen molar-refractivity contribution in [2.45, 2.75) is 23.8 Å². The Balaban J connectivity index is 1.99. The number of rotatable bonds is 2. The van der Waals surface area contributed by atoms with Gasteiger partial charge in [-0.15, -0.1) is 0 Å². The molecule has 7 heteroatoms. The van der Waals surface area contributed by atoms with Gasteiger partial charge < -0.3 is 4.90 Å². The van der Waals surface area contributed by atoms with E-state index in [1.807, 2.05) is 13.1 Å². The van der Waals surface area contributed by atoms with Gasteiger partial charge >= 0.3 is 0 Å². The summed E-state index contributed by atoms with van der Waals surface area (Å²) in [5, 5.41) is 9.23. The highest BCUT2D eigenvalue weighted by Gasteiger charge is 2.34. The molecule has 0 aliphatic carbocycles.